The summed E-state index contributed by atoms with van der Waals surface area (Å²) < 4.78 is 0. The van der Waals surface area contributed by atoms with E-state index in [1.807, 2.05) is 22.4 Å². The molecule has 2 rings (SSSR count). The number of thiophene rings is 1. The quantitative estimate of drug-likeness (QED) is 0.827. The molecule has 6 heteroatoms. The van der Waals surface area contributed by atoms with Gasteiger partial charge in [0.1, 0.15) is 0 Å². The molecule has 1 aliphatic heterocycles. The fraction of sp³-hybridized carbons (Fsp3) is 0.500. The van der Waals surface area contributed by atoms with Crippen LogP contribution in [0.3, 0.4) is 0 Å². The molecule has 0 aromatic carbocycles. The highest BCUT2D eigenvalue weighted by molar-refractivity contribution is 7.80. The molecule has 18 heavy (non-hydrogen) atoms. The van der Waals surface area contributed by atoms with Crippen LogP contribution >= 0.6 is 23.6 Å². The van der Waals surface area contributed by atoms with Crippen molar-refractivity contribution in [1.29, 1.82) is 0 Å². The van der Waals surface area contributed by atoms with E-state index in [1.165, 1.54) is 0 Å². The van der Waals surface area contributed by atoms with Crippen LogP contribution in [0.5, 0.6) is 0 Å². The molecule has 0 radical (unpaired) electrons. The minimum atomic E-state index is 0.215. The monoisotopic (exact) mass is 283 g/mol. The van der Waals surface area contributed by atoms with E-state index in [0.29, 0.717) is 18.0 Å². The standard InChI is InChI=1S/C12H17N3OS2/c13-11(17)9-14-3-5-15(6-4-14)12(16)8-10-2-1-7-18-10/h1-2,7H,3-6,8-9H2,(H2,13,17). The minimum Gasteiger partial charge on any atom is -0.392 e. The summed E-state index contributed by atoms with van der Waals surface area (Å²) in [6.45, 7) is 3.91. The van der Waals surface area contributed by atoms with Crippen LogP contribution in [0.15, 0.2) is 17.5 Å². The Morgan fingerprint density at radius 2 is 2.11 bits per heavy atom. The lowest BCUT2D eigenvalue weighted by Crippen LogP contribution is -2.50. The van der Waals surface area contributed by atoms with Crippen LogP contribution < -0.4 is 5.73 Å². The van der Waals surface area contributed by atoms with Gasteiger partial charge in [0.15, 0.2) is 0 Å². The lowest BCUT2D eigenvalue weighted by molar-refractivity contribution is -0.132. The molecular weight excluding hydrogens is 266 g/mol. The third kappa shape index (κ3) is 3.76. The Morgan fingerprint density at radius 1 is 1.39 bits per heavy atom. The Bertz CT molecular complexity index is 411. The lowest BCUT2D eigenvalue weighted by atomic mass is 10.2. The number of amides is 1. The fourth-order valence-electron chi connectivity index (χ4n) is 2.05. The zero-order valence-corrected chi connectivity index (χ0v) is 11.8. The van der Waals surface area contributed by atoms with E-state index in [-0.39, 0.29) is 5.91 Å². The molecule has 2 N–H and O–H groups in total. The topological polar surface area (TPSA) is 49.6 Å². The zero-order chi connectivity index (χ0) is 13.0. The number of piperazine rings is 1. The summed E-state index contributed by atoms with van der Waals surface area (Å²) in [6.07, 6.45) is 0.521. The first-order valence-corrected chi connectivity index (χ1v) is 7.25. The summed E-state index contributed by atoms with van der Waals surface area (Å²) in [5.74, 6) is 0.215. The third-order valence-corrected chi connectivity index (χ3v) is 4.02. The Labute approximate surface area is 116 Å². The Hall–Kier alpha value is -0.980. The van der Waals surface area contributed by atoms with Crippen LogP contribution in [0.2, 0.25) is 0 Å². The van der Waals surface area contributed by atoms with Gasteiger partial charge in [0.05, 0.1) is 11.4 Å². The van der Waals surface area contributed by atoms with Crippen molar-refractivity contribution >= 4 is 34.5 Å². The number of nitrogens with two attached hydrogens (primary N) is 1. The molecule has 4 nitrogen and oxygen atoms in total. The maximum Gasteiger partial charge on any atom is 0.227 e. The molecule has 0 unspecified atom stereocenters. The average molecular weight is 283 g/mol. The second-order valence-corrected chi connectivity index (χ2v) is 5.94. The molecule has 2 heterocycles. The Kier molecular flexibility index (Phi) is 4.68. The van der Waals surface area contributed by atoms with Gasteiger partial charge in [-0.1, -0.05) is 18.3 Å². The first kappa shape index (κ1) is 13.5. The van der Waals surface area contributed by atoms with Crippen molar-refractivity contribution in [2.24, 2.45) is 5.73 Å². The second kappa shape index (κ2) is 6.26. The molecule has 1 amide bonds. The molecule has 0 bridgehead atoms. The highest BCUT2D eigenvalue weighted by Gasteiger charge is 2.21. The van der Waals surface area contributed by atoms with Crippen molar-refractivity contribution in [2.45, 2.75) is 6.42 Å². The average Bonchev–Trinajstić information content (AvgIpc) is 2.82. The minimum absolute atomic E-state index is 0.215. The molecule has 1 saturated heterocycles. The Balaban J connectivity index is 1.79. The van der Waals surface area contributed by atoms with E-state index in [9.17, 15) is 4.79 Å². The molecule has 98 valence electrons. The van der Waals surface area contributed by atoms with Crippen LogP contribution in [0.4, 0.5) is 0 Å². The van der Waals surface area contributed by atoms with Crippen LogP contribution in [-0.4, -0.2) is 53.4 Å². The summed E-state index contributed by atoms with van der Waals surface area (Å²) in [5, 5.41) is 2.00. The largest absolute Gasteiger partial charge is 0.392 e. The molecule has 0 spiro atoms. The number of nitrogens with zero attached hydrogens (tertiary/aromatic N) is 2. The van der Waals surface area contributed by atoms with Crippen LogP contribution in [-0.2, 0) is 11.2 Å². The van der Waals surface area contributed by atoms with Gasteiger partial charge in [-0.2, -0.15) is 0 Å². The highest BCUT2D eigenvalue weighted by Crippen LogP contribution is 2.11. The number of thiocarbonyl (C=S) groups is 1. The molecule has 1 aromatic rings. The smallest absolute Gasteiger partial charge is 0.227 e. The van der Waals surface area contributed by atoms with E-state index in [1.54, 1.807) is 11.3 Å². The zero-order valence-electron chi connectivity index (χ0n) is 10.2. The van der Waals surface area contributed by atoms with Crippen LogP contribution in [0.25, 0.3) is 0 Å². The molecule has 0 atom stereocenters. The van der Waals surface area contributed by atoms with Gasteiger partial charge in [-0.05, 0) is 11.4 Å². The van der Waals surface area contributed by atoms with Gasteiger partial charge < -0.3 is 10.6 Å². The van der Waals surface area contributed by atoms with Crippen molar-refractivity contribution in [2.75, 3.05) is 32.7 Å². The van der Waals surface area contributed by atoms with Crippen molar-refractivity contribution in [3.63, 3.8) is 0 Å². The van der Waals surface area contributed by atoms with Crippen molar-refractivity contribution < 1.29 is 4.79 Å². The van der Waals surface area contributed by atoms with Gasteiger partial charge >= 0.3 is 0 Å². The maximum atomic E-state index is 12.1. The van der Waals surface area contributed by atoms with E-state index in [4.69, 9.17) is 18.0 Å². The summed E-state index contributed by atoms with van der Waals surface area (Å²) >= 11 is 6.52. The number of hydrogen-bond acceptors (Lipinski definition) is 4. The van der Waals surface area contributed by atoms with E-state index in [0.717, 1.165) is 31.1 Å². The first-order valence-electron chi connectivity index (χ1n) is 5.96. The summed E-state index contributed by atoms with van der Waals surface area (Å²) in [5.41, 5.74) is 5.52. The number of carbonyl (C=O) groups excluding carboxylic acids is 1. The molecular formula is C12H17N3OS2. The highest BCUT2D eigenvalue weighted by atomic mass is 32.1. The molecule has 1 fully saturated rings. The van der Waals surface area contributed by atoms with Gasteiger partial charge in [-0.25, -0.2) is 0 Å². The van der Waals surface area contributed by atoms with Crippen LogP contribution in [0, 0.1) is 0 Å². The lowest BCUT2D eigenvalue weighted by Gasteiger charge is -2.34. The number of rotatable bonds is 4. The molecule has 0 saturated carbocycles. The third-order valence-electron chi connectivity index (χ3n) is 3.01. The fourth-order valence-corrected chi connectivity index (χ4v) is 2.93. The second-order valence-electron chi connectivity index (χ2n) is 4.38. The number of carbonyl (C=O) groups is 1. The van der Waals surface area contributed by atoms with Gasteiger partial charge in [0, 0.05) is 37.6 Å². The predicted molar refractivity (Wildman–Crippen MR) is 77.8 cm³/mol. The van der Waals surface area contributed by atoms with Crippen molar-refractivity contribution in [3.8, 4) is 0 Å². The maximum absolute atomic E-state index is 12.1. The van der Waals surface area contributed by atoms with Gasteiger partial charge in [-0.3, -0.25) is 9.69 Å². The van der Waals surface area contributed by atoms with E-state index in [2.05, 4.69) is 4.90 Å². The number of hydrogen-bond donors (Lipinski definition) is 1. The van der Waals surface area contributed by atoms with Crippen LogP contribution in [0.1, 0.15) is 4.88 Å². The molecule has 1 aromatic heterocycles. The van der Waals surface area contributed by atoms with Gasteiger partial charge in [0.2, 0.25) is 5.91 Å². The van der Waals surface area contributed by atoms with Crippen molar-refractivity contribution in [1.82, 2.24) is 9.80 Å². The van der Waals surface area contributed by atoms with E-state index < -0.39 is 0 Å². The SMILES string of the molecule is NC(=S)CN1CCN(C(=O)Cc2cccs2)CC1. The molecule has 1 aliphatic rings. The van der Waals surface area contributed by atoms with Gasteiger partial charge in [-0.15, -0.1) is 11.3 Å². The summed E-state index contributed by atoms with van der Waals surface area (Å²) in [4.78, 5) is 17.8. The van der Waals surface area contributed by atoms with E-state index >= 15 is 0 Å². The van der Waals surface area contributed by atoms with Gasteiger partial charge in [0.25, 0.3) is 0 Å². The molecule has 0 aliphatic carbocycles. The normalized spacial score (nSPS) is 16.8. The Morgan fingerprint density at radius 3 is 2.67 bits per heavy atom. The predicted octanol–water partition coefficient (Wildman–Crippen LogP) is 0.721. The summed E-state index contributed by atoms with van der Waals surface area (Å²) in [6, 6.07) is 3.99. The van der Waals surface area contributed by atoms with Crippen molar-refractivity contribution in [3.05, 3.63) is 22.4 Å². The summed E-state index contributed by atoms with van der Waals surface area (Å²) in [7, 11) is 0. The first-order chi connectivity index (χ1) is 8.65.